The molecular formula is C23H25Cl2N5O3. The van der Waals surface area contributed by atoms with Crippen molar-refractivity contribution in [2.45, 2.75) is 39.2 Å². The first-order chi connectivity index (χ1) is 15.7. The van der Waals surface area contributed by atoms with Crippen molar-refractivity contribution in [3.8, 4) is 5.88 Å². The van der Waals surface area contributed by atoms with Gasteiger partial charge in [0.2, 0.25) is 11.8 Å². The molecule has 0 saturated carbocycles. The molecule has 3 aromatic rings. The highest BCUT2D eigenvalue weighted by atomic mass is 35.5. The van der Waals surface area contributed by atoms with Gasteiger partial charge in [-0.1, -0.05) is 23.2 Å². The summed E-state index contributed by atoms with van der Waals surface area (Å²) in [6, 6.07) is 6.24. The van der Waals surface area contributed by atoms with Crippen LogP contribution in [0.3, 0.4) is 0 Å². The fraction of sp³-hybridized carbons (Fsp3) is 0.391. The molecule has 2 amide bonds. The summed E-state index contributed by atoms with van der Waals surface area (Å²) in [5, 5.41) is 8.77. The maximum Gasteiger partial charge on any atom is 0.261 e. The van der Waals surface area contributed by atoms with Crippen molar-refractivity contribution in [1.29, 1.82) is 0 Å². The number of hydrogen-bond acceptors (Lipinski definition) is 5. The molecule has 2 aromatic heterocycles. The minimum atomic E-state index is -0.587. The van der Waals surface area contributed by atoms with E-state index in [0.717, 1.165) is 29.5 Å². The predicted octanol–water partition coefficient (Wildman–Crippen LogP) is 4.29. The summed E-state index contributed by atoms with van der Waals surface area (Å²) in [5.74, 6) is -0.166. The zero-order valence-corrected chi connectivity index (χ0v) is 20.2. The molecule has 174 valence electrons. The summed E-state index contributed by atoms with van der Waals surface area (Å²) in [7, 11) is 1.79. The average molecular weight is 490 g/mol. The largest absolute Gasteiger partial charge is 0.466 e. The number of benzene rings is 1. The van der Waals surface area contributed by atoms with Crippen molar-refractivity contribution < 1.29 is 14.3 Å². The number of nitrogens with one attached hydrogen (secondary N) is 1. The van der Waals surface area contributed by atoms with Crippen LogP contribution < -0.4 is 10.1 Å². The van der Waals surface area contributed by atoms with Gasteiger partial charge in [0.15, 0.2) is 12.3 Å². The first-order valence-electron chi connectivity index (χ1n) is 10.7. The molecule has 1 atom stereocenters. The standard InChI is InChI=1S/C23H25Cl2N5O3/c1-13-10-14(2)26-21-20(13)23(28-29(21)3)33-12-19(31)30-9-5-4-6-18(30)22(32)27-15-7-8-16(24)17(25)11-15/h7-8,10-11,18H,4-6,9,12H2,1-3H3,(H,27,32). The Hall–Kier alpha value is -2.84. The number of carbonyl (C=O) groups excluding carboxylic acids is 2. The van der Waals surface area contributed by atoms with E-state index in [2.05, 4.69) is 15.4 Å². The second kappa shape index (κ2) is 9.57. The van der Waals surface area contributed by atoms with Crippen LogP contribution in [0.4, 0.5) is 5.69 Å². The number of nitrogens with zero attached hydrogens (tertiary/aromatic N) is 4. The van der Waals surface area contributed by atoms with Crippen LogP contribution in [0.2, 0.25) is 10.0 Å². The third-order valence-corrected chi connectivity index (χ3v) is 6.47. The fourth-order valence-electron chi connectivity index (χ4n) is 4.17. The molecule has 1 aliphatic rings. The molecule has 10 heteroatoms. The zero-order valence-electron chi connectivity index (χ0n) is 18.7. The van der Waals surface area contributed by atoms with E-state index < -0.39 is 6.04 Å². The molecule has 1 saturated heterocycles. The molecule has 33 heavy (non-hydrogen) atoms. The summed E-state index contributed by atoms with van der Waals surface area (Å²) in [4.78, 5) is 32.1. The van der Waals surface area contributed by atoms with Crippen molar-refractivity contribution in [1.82, 2.24) is 19.7 Å². The zero-order chi connectivity index (χ0) is 23.7. The van der Waals surface area contributed by atoms with E-state index in [4.69, 9.17) is 27.9 Å². The van der Waals surface area contributed by atoms with Crippen LogP contribution in [-0.2, 0) is 16.6 Å². The lowest BCUT2D eigenvalue weighted by atomic mass is 10.0. The first-order valence-corrected chi connectivity index (χ1v) is 11.5. The van der Waals surface area contributed by atoms with Crippen molar-refractivity contribution in [2.75, 3.05) is 18.5 Å². The van der Waals surface area contributed by atoms with E-state index in [-0.39, 0.29) is 18.4 Å². The predicted molar refractivity (Wildman–Crippen MR) is 128 cm³/mol. The number of amides is 2. The van der Waals surface area contributed by atoms with Gasteiger partial charge in [0.25, 0.3) is 5.91 Å². The minimum Gasteiger partial charge on any atom is -0.466 e. The van der Waals surface area contributed by atoms with Crippen LogP contribution in [0.15, 0.2) is 24.3 Å². The van der Waals surface area contributed by atoms with E-state index in [1.165, 1.54) is 0 Å². The van der Waals surface area contributed by atoms with Crippen LogP contribution in [0, 0.1) is 13.8 Å². The third-order valence-electron chi connectivity index (χ3n) is 5.73. The number of aromatic nitrogens is 3. The van der Waals surface area contributed by atoms with Crippen LogP contribution in [0.5, 0.6) is 5.88 Å². The maximum absolute atomic E-state index is 13.1. The summed E-state index contributed by atoms with van der Waals surface area (Å²) in [6.07, 6.45) is 2.27. The van der Waals surface area contributed by atoms with E-state index >= 15 is 0 Å². The molecule has 8 nitrogen and oxygen atoms in total. The molecule has 1 aliphatic heterocycles. The van der Waals surface area contributed by atoms with Crippen LogP contribution in [0.1, 0.15) is 30.5 Å². The van der Waals surface area contributed by atoms with E-state index in [9.17, 15) is 9.59 Å². The number of aryl methyl sites for hydroxylation is 3. The van der Waals surface area contributed by atoms with E-state index in [1.807, 2.05) is 19.9 Å². The Labute approximate surface area is 201 Å². The Morgan fingerprint density at radius 3 is 2.73 bits per heavy atom. The van der Waals surface area contributed by atoms with Gasteiger partial charge < -0.3 is 15.0 Å². The first kappa shape index (κ1) is 23.3. The Kier molecular flexibility index (Phi) is 6.76. The number of anilines is 1. The topological polar surface area (TPSA) is 89.4 Å². The van der Waals surface area contributed by atoms with Gasteiger partial charge in [-0.3, -0.25) is 9.59 Å². The Morgan fingerprint density at radius 2 is 1.97 bits per heavy atom. The molecule has 3 heterocycles. The summed E-state index contributed by atoms with van der Waals surface area (Å²) < 4.78 is 7.47. The molecule has 1 aromatic carbocycles. The SMILES string of the molecule is Cc1cc(C)c2c(OCC(=O)N3CCCCC3C(=O)Nc3ccc(Cl)c(Cl)c3)nn(C)c2n1. The smallest absolute Gasteiger partial charge is 0.261 e. The molecule has 0 bridgehead atoms. The number of ether oxygens (including phenoxy) is 1. The number of pyridine rings is 1. The lowest BCUT2D eigenvalue weighted by molar-refractivity contribution is -0.142. The average Bonchev–Trinajstić information content (AvgIpc) is 3.10. The van der Waals surface area contributed by atoms with Crippen molar-refractivity contribution in [3.05, 3.63) is 45.6 Å². The van der Waals surface area contributed by atoms with Crippen molar-refractivity contribution in [2.24, 2.45) is 7.05 Å². The van der Waals surface area contributed by atoms with Crippen molar-refractivity contribution in [3.63, 3.8) is 0 Å². The normalized spacial score (nSPS) is 16.2. The third kappa shape index (κ3) is 4.91. The summed E-state index contributed by atoms with van der Waals surface area (Å²) >= 11 is 12.0. The highest BCUT2D eigenvalue weighted by Gasteiger charge is 2.32. The fourth-order valence-corrected chi connectivity index (χ4v) is 4.46. The van der Waals surface area contributed by atoms with Crippen LogP contribution in [-0.4, -0.2) is 50.7 Å². The number of hydrogen-bond donors (Lipinski definition) is 1. The number of halogens is 2. The quantitative estimate of drug-likeness (QED) is 0.577. The van der Waals surface area contributed by atoms with E-state index in [0.29, 0.717) is 40.2 Å². The lowest BCUT2D eigenvalue weighted by Gasteiger charge is -2.34. The highest BCUT2D eigenvalue weighted by molar-refractivity contribution is 6.42. The van der Waals surface area contributed by atoms with Crippen LogP contribution >= 0.6 is 23.2 Å². The van der Waals surface area contributed by atoms with Gasteiger partial charge in [0.1, 0.15) is 6.04 Å². The number of piperidine rings is 1. The molecule has 0 spiro atoms. The number of fused-ring (bicyclic) bond motifs is 1. The van der Waals surface area contributed by atoms with Crippen molar-refractivity contribution >= 4 is 51.7 Å². The number of likely N-dealkylation sites (tertiary alicyclic amines) is 1. The molecule has 4 rings (SSSR count). The number of carbonyl (C=O) groups is 2. The van der Waals surface area contributed by atoms with Gasteiger partial charge in [-0.15, -0.1) is 5.10 Å². The van der Waals surface area contributed by atoms with Gasteiger partial charge in [0.05, 0.1) is 15.4 Å². The Balaban J connectivity index is 1.47. The summed E-state index contributed by atoms with van der Waals surface area (Å²) in [5.41, 5.74) is 3.09. The molecule has 1 unspecified atom stereocenters. The van der Waals surface area contributed by atoms with Crippen LogP contribution in [0.25, 0.3) is 11.0 Å². The lowest BCUT2D eigenvalue weighted by Crippen LogP contribution is -2.51. The molecule has 1 fully saturated rings. The summed E-state index contributed by atoms with van der Waals surface area (Å²) in [6.45, 7) is 4.16. The second-order valence-electron chi connectivity index (χ2n) is 8.21. The monoisotopic (exact) mass is 489 g/mol. The minimum absolute atomic E-state index is 0.212. The Morgan fingerprint density at radius 1 is 1.18 bits per heavy atom. The molecule has 0 aliphatic carbocycles. The van der Waals surface area contributed by atoms with Gasteiger partial charge >= 0.3 is 0 Å². The highest BCUT2D eigenvalue weighted by Crippen LogP contribution is 2.28. The second-order valence-corrected chi connectivity index (χ2v) is 9.03. The Bertz CT molecular complexity index is 1230. The molecule has 0 radical (unpaired) electrons. The van der Waals surface area contributed by atoms with Gasteiger partial charge in [0, 0.05) is 25.0 Å². The van der Waals surface area contributed by atoms with Gasteiger partial charge in [-0.25, -0.2) is 9.67 Å². The van der Waals surface area contributed by atoms with Gasteiger partial charge in [-0.2, -0.15) is 0 Å². The van der Waals surface area contributed by atoms with Gasteiger partial charge in [-0.05, 0) is 62.9 Å². The molecular weight excluding hydrogens is 465 g/mol. The molecule has 1 N–H and O–H groups in total. The van der Waals surface area contributed by atoms with E-state index in [1.54, 1.807) is 34.8 Å². The number of rotatable bonds is 5. The maximum atomic E-state index is 13.1.